The van der Waals surface area contributed by atoms with E-state index in [9.17, 15) is 4.79 Å². The summed E-state index contributed by atoms with van der Waals surface area (Å²) in [4.78, 5) is 24.1. The summed E-state index contributed by atoms with van der Waals surface area (Å²) in [6.45, 7) is 1.46. The second-order valence-electron chi connectivity index (χ2n) is 6.02. The minimum Gasteiger partial charge on any atom is -0.381 e. The van der Waals surface area contributed by atoms with Crippen LogP contribution in [0, 0.1) is 0 Å². The molecule has 128 valence electrons. The van der Waals surface area contributed by atoms with Crippen LogP contribution in [0.2, 0.25) is 5.02 Å². The van der Waals surface area contributed by atoms with Crippen LogP contribution in [0.1, 0.15) is 12.8 Å². The van der Waals surface area contributed by atoms with Crippen LogP contribution in [0.25, 0.3) is 22.2 Å². The first kappa shape index (κ1) is 16.1. The summed E-state index contributed by atoms with van der Waals surface area (Å²) in [6.07, 6.45) is 3.48. The van der Waals surface area contributed by atoms with Gasteiger partial charge in [-0.15, -0.1) is 0 Å². The average Bonchev–Trinajstić information content (AvgIpc) is 2.63. The van der Waals surface area contributed by atoms with E-state index in [1.54, 1.807) is 12.3 Å². The number of anilines is 1. The lowest BCUT2D eigenvalue weighted by atomic mass is 10.1. The number of rotatable bonds is 3. The van der Waals surface area contributed by atoms with E-state index in [1.165, 1.54) is 0 Å². The normalized spacial score (nSPS) is 15.4. The summed E-state index contributed by atoms with van der Waals surface area (Å²) >= 11 is 6.22. The number of aromatic nitrogens is 3. The number of fused-ring (bicyclic) bond motifs is 1. The third kappa shape index (κ3) is 3.36. The summed E-state index contributed by atoms with van der Waals surface area (Å²) in [5, 5.41) is 4.54. The van der Waals surface area contributed by atoms with Gasteiger partial charge in [0.2, 0.25) is 5.95 Å². The molecule has 4 rings (SSSR count). The Morgan fingerprint density at radius 2 is 2.04 bits per heavy atom. The van der Waals surface area contributed by atoms with Crippen molar-refractivity contribution in [1.29, 1.82) is 0 Å². The molecule has 1 aliphatic heterocycles. The molecule has 1 fully saturated rings. The van der Waals surface area contributed by atoms with E-state index < -0.39 is 0 Å². The molecule has 0 bridgehead atoms. The molecule has 1 saturated heterocycles. The highest BCUT2D eigenvalue weighted by Crippen LogP contribution is 2.26. The van der Waals surface area contributed by atoms with E-state index >= 15 is 0 Å². The number of ether oxygens (including phenoxy) is 1. The molecule has 2 aromatic heterocycles. The van der Waals surface area contributed by atoms with Crippen LogP contribution in [0.5, 0.6) is 0 Å². The van der Waals surface area contributed by atoms with Gasteiger partial charge in [-0.05, 0) is 25.0 Å². The summed E-state index contributed by atoms with van der Waals surface area (Å²) in [7, 11) is 0. The van der Waals surface area contributed by atoms with Gasteiger partial charge in [-0.1, -0.05) is 29.8 Å². The van der Waals surface area contributed by atoms with Gasteiger partial charge in [0.05, 0.1) is 5.69 Å². The Balaban J connectivity index is 1.70. The lowest BCUT2D eigenvalue weighted by molar-refractivity contribution is 0.0903. The smallest absolute Gasteiger partial charge is 0.275 e. The van der Waals surface area contributed by atoms with Crippen LogP contribution in [0.4, 0.5) is 5.95 Å². The predicted molar refractivity (Wildman–Crippen MR) is 98.1 cm³/mol. The largest absolute Gasteiger partial charge is 0.381 e. The maximum atomic E-state index is 12.5. The molecule has 0 unspecified atom stereocenters. The van der Waals surface area contributed by atoms with Gasteiger partial charge in [-0.3, -0.25) is 4.79 Å². The molecule has 0 radical (unpaired) electrons. The maximum absolute atomic E-state index is 12.5. The first-order chi connectivity index (χ1) is 12.2. The molecule has 1 aromatic carbocycles. The first-order valence-electron chi connectivity index (χ1n) is 8.20. The number of hydrogen-bond donors (Lipinski definition) is 2. The molecule has 3 aromatic rings. The summed E-state index contributed by atoms with van der Waals surface area (Å²) in [5.41, 5.74) is 1.52. The highest BCUT2D eigenvalue weighted by atomic mass is 35.5. The zero-order valence-electron chi connectivity index (χ0n) is 13.5. The van der Waals surface area contributed by atoms with Crippen molar-refractivity contribution in [3.8, 4) is 11.3 Å². The van der Waals surface area contributed by atoms with E-state index in [4.69, 9.17) is 16.3 Å². The Bertz CT molecular complexity index is 967. The molecule has 0 saturated carbocycles. The molecule has 6 nitrogen and oxygen atoms in total. The quantitative estimate of drug-likeness (QED) is 0.753. The van der Waals surface area contributed by atoms with E-state index in [2.05, 4.69) is 20.3 Å². The summed E-state index contributed by atoms with van der Waals surface area (Å²) < 4.78 is 5.35. The average molecular weight is 357 g/mol. The number of halogens is 1. The highest BCUT2D eigenvalue weighted by molar-refractivity contribution is 6.33. The van der Waals surface area contributed by atoms with E-state index in [1.807, 2.05) is 24.3 Å². The van der Waals surface area contributed by atoms with Gasteiger partial charge < -0.3 is 15.0 Å². The number of aromatic amines is 1. The van der Waals surface area contributed by atoms with Gasteiger partial charge in [0.15, 0.2) is 0 Å². The highest BCUT2D eigenvalue weighted by Gasteiger charge is 2.15. The topological polar surface area (TPSA) is 79.9 Å². The molecule has 2 N–H and O–H groups in total. The molecular weight excluding hydrogens is 340 g/mol. The SMILES string of the molecule is O=c1[nH]c(-c2ccccc2Cl)cc2cnc(NC3CCOCC3)nc12. The molecule has 0 amide bonds. The Kier molecular flexibility index (Phi) is 4.38. The zero-order chi connectivity index (χ0) is 17.2. The van der Waals surface area contributed by atoms with Gasteiger partial charge in [0, 0.05) is 41.4 Å². The van der Waals surface area contributed by atoms with Gasteiger partial charge in [0.1, 0.15) is 5.52 Å². The summed E-state index contributed by atoms with van der Waals surface area (Å²) in [6, 6.07) is 9.49. The second kappa shape index (κ2) is 6.82. The second-order valence-corrected chi connectivity index (χ2v) is 6.43. The Labute approximate surface area is 149 Å². The molecule has 0 spiro atoms. The van der Waals surface area contributed by atoms with Crippen molar-refractivity contribution in [3.63, 3.8) is 0 Å². The van der Waals surface area contributed by atoms with Crippen molar-refractivity contribution in [2.24, 2.45) is 0 Å². The number of H-pyrrole nitrogens is 1. The number of benzene rings is 1. The third-order valence-electron chi connectivity index (χ3n) is 4.30. The van der Waals surface area contributed by atoms with Crippen LogP contribution >= 0.6 is 11.6 Å². The summed E-state index contributed by atoms with van der Waals surface area (Å²) in [5.74, 6) is 0.468. The van der Waals surface area contributed by atoms with Crippen LogP contribution in [-0.4, -0.2) is 34.2 Å². The fraction of sp³-hybridized carbons (Fsp3) is 0.278. The molecule has 25 heavy (non-hydrogen) atoms. The Morgan fingerprint density at radius 1 is 1.24 bits per heavy atom. The zero-order valence-corrected chi connectivity index (χ0v) is 14.2. The number of nitrogens with one attached hydrogen (secondary N) is 2. The van der Waals surface area contributed by atoms with E-state index in [0.717, 1.165) is 31.6 Å². The van der Waals surface area contributed by atoms with Crippen LogP contribution in [0.3, 0.4) is 0 Å². The fourth-order valence-corrected chi connectivity index (χ4v) is 3.21. The molecular formula is C18H17ClN4O2. The molecule has 7 heteroatoms. The van der Waals surface area contributed by atoms with Gasteiger partial charge >= 0.3 is 0 Å². The van der Waals surface area contributed by atoms with Gasteiger partial charge in [-0.25, -0.2) is 9.97 Å². The van der Waals surface area contributed by atoms with Crippen molar-refractivity contribution >= 4 is 28.5 Å². The number of pyridine rings is 1. The Morgan fingerprint density at radius 3 is 2.84 bits per heavy atom. The van der Waals surface area contributed by atoms with Crippen molar-refractivity contribution < 1.29 is 4.74 Å². The van der Waals surface area contributed by atoms with Crippen LogP contribution in [-0.2, 0) is 4.74 Å². The minimum atomic E-state index is -0.259. The lowest BCUT2D eigenvalue weighted by Crippen LogP contribution is -2.28. The van der Waals surface area contributed by atoms with E-state index in [0.29, 0.717) is 27.6 Å². The molecule has 3 heterocycles. The van der Waals surface area contributed by atoms with Crippen molar-refractivity contribution in [2.45, 2.75) is 18.9 Å². The standard InChI is InChI=1S/C18H17ClN4O2/c19-14-4-2-1-3-13(14)15-9-11-10-20-18(23-16(11)17(24)22-15)21-12-5-7-25-8-6-12/h1-4,9-10,12H,5-8H2,(H,22,24)(H,20,21,23). The first-order valence-corrected chi connectivity index (χ1v) is 8.58. The van der Waals surface area contributed by atoms with Crippen LogP contribution < -0.4 is 10.9 Å². The third-order valence-corrected chi connectivity index (χ3v) is 4.63. The van der Waals surface area contributed by atoms with Crippen LogP contribution in [0.15, 0.2) is 41.3 Å². The molecule has 0 aliphatic carbocycles. The Hall–Kier alpha value is -2.44. The number of nitrogens with zero attached hydrogens (tertiary/aromatic N) is 2. The monoisotopic (exact) mass is 356 g/mol. The lowest BCUT2D eigenvalue weighted by Gasteiger charge is -2.23. The fourth-order valence-electron chi connectivity index (χ4n) is 2.97. The molecule has 0 atom stereocenters. The van der Waals surface area contributed by atoms with Gasteiger partial charge in [0.25, 0.3) is 5.56 Å². The predicted octanol–water partition coefficient (Wildman–Crippen LogP) is 3.23. The van der Waals surface area contributed by atoms with Crippen molar-refractivity contribution in [1.82, 2.24) is 15.0 Å². The van der Waals surface area contributed by atoms with Gasteiger partial charge in [-0.2, -0.15) is 0 Å². The maximum Gasteiger partial charge on any atom is 0.275 e. The number of hydrogen-bond acceptors (Lipinski definition) is 5. The van der Waals surface area contributed by atoms with E-state index in [-0.39, 0.29) is 11.6 Å². The van der Waals surface area contributed by atoms with Crippen molar-refractivity contribution in [3.05, 3.63) is 51.9 Å². The molecule has 1 aliphatic rings. The minimum absolute atomic E-state index is 0.259. The van der Waals surface area contributed by atoms with Crippen molar-refractivity contribution in [2.75, 3.05) is 18.5 Å².